The zero-order chi connectivity index (χ0) is 21.8. The number of rotatable bonds is 7. The number of carbonyl (C=O) groups is 1. The van der Waals surface area contributed by atoms with E-state index in [9.17, 15) is 19.3 Å². The third-order valence-corrected chi connectivity index (χ3v) is 5.43. The van der Waals surface area contributed by atoms with E-state index in [1.807, 2.05) is 17.5 Å². The van der Waals surface area contributed by atoms with Gasteiger partial charge < -0.3 is 5.32 Å². The van der Waals surface area contributed by atoms with Crippen LogP contribution in [-0.4, -0.2) is 25.6 Å². The molecule has 0 radical (unpaired) electrons. The third kappa shape index (κ3) is 4.81. The van der Waals surface area contributed by atoms with E-state index in [0.29, 0.717) is 5.56 Å². The van der Waals surface area contributed by atoms with E-state index in [4.69, 9.17) is 0 Å². The van der Waals surface area contributed by atoms with Crippen LogP contribution < -0.4 is 5.32 Å². The van der Waals surface area contributed by atoms with Gasteiger partial charge in [-0.15, -0.1) is 11.3 Å². The minimum absolute atomic E-state index is 0.0651. The molecular weight excluding hydrogens is 421 g/mol. The molecule has 2 aromatic heterocycles. The maximum absolute atomic E-state index is 13.3. The molecule has 0 fully saturated rings. The lowest BCUT2D eigenvalue weighted by Crippen LogP contribution is -2.32. The minimum atomic E-state index is -0.492. The van der Waals surface area contributed by atoms with Gasteiger partial charge in [-0.2, -0.15) is 5.10 Å². The van der Waals surface area contributed by atoms with Crippen molar-refractivity contribution in [2.45, 2.75) is 12.6 Å². The number of hydrogen-bond acceptors (Lipinski definition) is 6. The van der Waals surface area contributed by atoms with Crippen molar-refractivity contribution in [2.24, 2.45) is 0 Å². The van der Waals surface area contributed by atoms with Crippen LogP contribution in [0.4, 0.5) is 10.1 Å². The molecule has 2 heterocycles. The molecule has 156 valence electrons. The van der Waals surface area contributed by atoms with Crippen molar-refractivity contribution < 1.29 is 14.1 Å². The van der Waals surface area contributed by atoms with Crippen LogP contribution in [-0.2, 0) is 11.3 Å². The monoisotopic (exact) mass is 437 g/mol. The Bertz CT molecular complexity index is 1210. The second kappa shape index (κ2) is 8.84. The number of halogens is 1. The molecule has 31 heavy (non-hydrogen) atoms. The maximum atomic E-state index is 13.3. The molecule has 1 amide bonds. The Morgan fingerprint density at radius 1 is 1.19 bits per heavy atom. The van der Waals surface area contributed by atoms with Gasteiger partial charge in [0.15, 0.2) is 5.82 Å². The maximum Gasteiger partial charge on any atom is 0.270 e. The molecule has 8 nitrogen and oxygen atoms in total. The molecule has 0 saturated heterocycles. The number of amides is 1. The molecule has 1 unspecified atom stereocenters. The molecule has 0 spiro atoms. The fourth-order valence-corrected chi connectivity index (χ4v) is 3.85. The first-order valence-electron chi connectivity index (χ1n) is 9.22. The highest BCUT2D eigenvalue weighted by atomic mass is 32.1. The molecule has 4 rings (SSSR count). The van der Waals surface area contributed by atoms with Gasteiger partial charge in [0.25, 0.3) is 5.69 Å². The lowest BCUT2D eigenvalue weighted by atomic mass is 10.1. The van der Waals surface area contributed by atoms with E-state index >= 15 is 0 Å². The number of non-ortho nitro benzene ring substituents is 1. The summed E-state index contributed by atoms with van der Waals surface area (Å²) in [4.78, 5) is 28.2. The Labute approximate surface area is 180 Å². The fourth-order valence-electron chi connectivity index (χ4n) is 3.04. The number of carbonyl (C=O) groups excluding carboxylic acids is 1. The van der Waals surface area contributed by atoms with Crippen LogP contribution in [0, 0.1) is 15.9 Å². The molecule has 1 atom stereocenters. The van der Waals surface area contributed by atoms with E-state index in [1.165, 1.54) is 46.6 Å². The summed E-state index contributed by atoms with van der Waals surface area (Å²) in [7, 11) is 0. The van der Waals surface area contributed by atoms with E-state index in [0.717, 1.165) is 10.4 Å². The van der Waals surface area contributed by atoms with E-state index in [2.05, 4.69) is 15.4 Å². The van der Waals surface area contributed by atoms with E-state index < -0.39 is 11.0 Å². The van der Waals surface area contributed by atoms with Crippen LogP contribution in [0.25, 0.3) is 11.4 Å². The second-order valence-corrected chi connectivity index (χ2v) is 7.62. The Morgan fingerprint density at radius 2 is 2.00 bits per heavy atom. The van der Waals surface area contributed by atoms with Crippen LogP contribution in [0.2, 0.25) is 0 Å². The first kappa shape index (κ1) is 20.4. The predicted octanol–water partition coefficient (Wildman–Crippen LogP) is 3.96. The Morgan fingerprint density at radius 3 is 2.71 bits per heavy atom. The van der Waals surface area contributed by atoms with Crippen molar-refractivity contribution in [3.8, 4) is 11.4 Å². The first-order valence-corrected chi connectivity index (χ1v) is 10.1. The molecular formula is C21H16FN5O3S. The van der Waals surface area contributed by atoms with E-state index in [-0.39, 0.29) is 29.8 Å². The highest BCUT2D eigenvalue weighted by Crippen LogP contribution is 2.26. The largest absolute Gasteiger partial charge is 0.343 e. The third-order valence-electron chi connectivity index (χ3n) is 4.49. The van der Waals surface area contributed by atoms with Crippen molar-refractivity contribution in [3.63, 3.8) is 0 Å². The van der Waals surface area contributed by atoms with Crippen molar-refractivity contribution in [2.75, 3.05) is 0 Å². The summed E-state index contributed by atoms with van der Waals surface area (Å²) in [6.07, 6.45) is 1.39. The van der Waals surface area contributed by atoms with Crippen LogP contribution >= 0.6 is 11.3 Å². The highest BCUT2D eigenvalue weighted by Gasteiger charge is 2.19. The SMILES string of the molecule is O=C(Cn1cnc(-c2cccc([N+](=O)[O-])c2)n1)NC(c1ccc(F)cc1)c1cccs1. The summed E-state index contributed by atoms with van der Waals surface area (Å²) < 4.78 is 14.7. The van der Waals surface area contributed by atoms with Crippen molar-refractivity contribution in [3.05, 3.63) is 98.7 Å². The molecule has 0 aliphatic heterocycles. The number of hydrogen-bond donors (Lipinski definition) is 1. The van der Waals surface area contributed by atoms with Crippen LogP contribution in [0.15, 0.2) is 72.4 Å². The number of nitrogens with one attached hydrogen (secondary N) is 1. The van der Waals surface area contributed by atoms with Gasteiger partial charge in [0.2, 0.25) is 5.91 Å². The fraction of sp³-hybridized carbons (Fsp3) is 0.0952. The van der Waals surface area contributed by atoms with Crippen molar-refractivity contribution in [1.82, 2.24) is 20.1 Å². The number of benzene rings is 2. The average Bonchev–Trinajstić information content (AvgIpc) is 3.45. The van der Waals surface area contributed by atoms with Crippen molar-refractivity contribution in [1.29, 1.82) is 0 Å². The summed E-state index contributed by atoms with van der Waals surface area (Å²) >= 11 is 1.49. The Hall–Kier alpha value is -3.92. The van der Waals surface area contributed by atoms with Crippen molar-refractivity contribution >= 4 is 22.9 Å². The number of nitrogens with zero attached hydrogens (tertiary/aromatic N) is 4. The van der Waals surface area contributed by atoms with Gasteiger partial charge in [0.05, 0.1) is 11.0 Å². The van der Waals surface area contributed by atoms with Gasteiger partial charge in [0, 0.05) is 22.6 Å². The summed E-state index contributed by atoms with van der Waals surface area (Å²) in [6.45, 7) is -0.0923. The number of thiophene rings is 1. The summed E-state index contributed by atoms with van der Waals surface area (Å²) in [5.41, 5.74) is 1.17. The smallest absolute Gasteiger partial charge is 0.270 e. The van der Waals surface area contributed by atoms with Gasteiger partial charge in [0.1, 0.15) is 18.7 Å². The molecule has 0 bridgehead atoms. The lowest BCUT2D eigenvalue weighted by Gasteiger charge is -2.18. The zero-order valence-electron chi connectivity index (χ0n) is 16.0. The Kier molecular flexibility index (Phi) is 5.80. The quantitative estimate of drug-likeness (QED) is 0.348. The van der Waals surface area contributed by atoms with Crippen LogP contribution in [0.1, 0.15) is 16.5 Å². The molecule has 1 N–H and O–H groups in total. The molecule has 0 saturated carbocycles. The van der Waals surface area contributed by atoms with Gasteiger partial charge in [-0.3, -0.25) is 14.9 Å². The van der Waals surface area contributed by atoms with E-state index in [1.54, 1.807) is 24.3 Å². The highest BCUT2D eigenvalue weighted by molar-refractivity contribution is 7.10. The lowest BCUT2D eigenvalue weighted by molar-refractivity contribution is -0.384. The predicted molar refractivity (Wildman–Crippen MR) is 113 cm³/mol. The van der Waals surface area contributed by atoms with Gasteiger partial charge >= 0.3 is 0 Å². The average molecular weight is 437 g/mol. The standard InChI is InChI=1S/C21H16FN5O3S/c22-16-8-6-14(7-9-16)20(18-5-2-10-31-18)24-19(28)12-26-13-23-21(25-26)15-3-1-4-17(11-15)27(29)30/h1-11,13,20H,12H2,(H,24,28). The normalized spacial score (nSPS) is 11.8. The van der Waals surface area contributed by atoms with Gasteiger partial charge in [-0.25, -0.2) is 14.1 Å². The number of nitro benzene ring substituents is 1. The van der Waals surface area contributed by atoms with Crippen LogP contribution in [0.3, 0.4) is 0 Å². The molecule has 2 aromatic carbocycles. The molecule has 4 aromatic rings. The molecule has 0 aliphatic rings. The summed E-state index contributed by atoms with van der Waals surface area (Å²) in [5, 5.41) is 20.1. The minimum Gasteiger partial charge on any atom is -0.343 e. The van der Waals surface area contributed by atoms with Gasteiger partial charge in [-0.1, -0.05) is 30.3 Å². The van der Waals surface area contributed by atoms with Crippen LogP contribution in [0.5, 0.6) is 0 Å². The molecule has 0 aliphatic carbocycles. The summed E-state index contributed by atoms with van der Waals surface area (Å²) in [6, 6.07) is 15.3. The number of nitro groups is 1. The molecule has 10 heteroatoms. The summed E-state index contributed by atoms with van der Waals surface area (Å²) in [5.74, 6) is -0.376. The first-order chi connectivity index (χ1) is 15.0. The second-order valence-electron chi connectivity index (χ2n) is 6.64. The Balaban J connectivity index is 1.49. The van der Waals surface area contributed by atoms with Gasteiger partial charge in [-0.05, 0) is 29.1 Å². The number of aromatic nitrogens is 3. The topological polar surface area (TPSA) is 103 Å². The zero-order valence-corrected chi connectivity index (χ0v) is 16.8.